The molecule has 0 saturated carbocycles. The maximum atomic E-state index is 5.32. The molecule has 2 heterocycles. The third-order valence-corrected chi connectivity index (χ3v) is 3.53. The number of hydrogen-bond acceptors (Lipinski definition) is 5. The van der Waals surface area contributed by atoms with Crippen molar-refractivity contribution in [2.45, 2.75) is 6.42 Å². The van der Waals surface area contributed by atoms with Crippen LogP contribution in [-0.2, 0) is 6.42 Å². The number of hydrogen-bond donors (Lipinski definition) is 2. The molecule has 2 aromatic rings. The van der Waals surface area contributed by atoms with E-state index in [1.54, 1.807) is 14.2 Å². The van der Waals surface area contributed by atoms with Crippen LogP contribution in [0.15, 0.2) is 18.2 Å². The lowest BCUT2D eigenvalue weighted by molar-refractivity contribution is 0.394. The Hall–Kier alpha value is -2.08. The van der Waals surface area contributed by atoms with E-state index in [0.717, 1.165) is 47.1 Å². The summed E-state index contributed by atoms with van der Waals surface area (Å²) in [4.78, 5) is 7.49. The van der Waals surface area contributed by atoms with Crippen LogP contribution >= 0.6 is 12.2 Å². The van der Waals surface area contributed by atoms with Crippen LogP contribution in [-0.4, -0.2) is 30.7 Å². The molecule has 5 nitrogen and oxygen atoms in total. The van der Waals surface area contributed by atoms with Crippen LogP contribution in [0.4, 0.5) is 5.82 Å². The normalized spacial score (nSPS) is 12.7. The van der Waals surface area contributed by atoms with E-state index >= 15 is 0 Å². The quantitative estimate of drug-likeness (QED) is 0.851. The summed E-state index contributed by atoms with van der Waals surface area (Å²) < 4.78 is 11.1. The van der Waals surface area contributed by atoms with E-state index in [4.69, 9.17) is 21.7 Å². The average molecular weight is 289 g/mol. The summed E-state index contributed by atoms with van der Waals surface area (Å²) in [6, 6.07) is 5.77. The van der Waals surface area contributed by atoms with Gasteiger partial charge in [-0.3, -0.25) is 0 Å². The van der Waals surface area contributed by atoms with Gasteiger partial charge in [0.2, 0.25) is 0 Å². The van der Waals surface area contributed by atoms with Crippen LogP contribution in [0.2, 0.25) is 0 Å². The zero-order valence-corrected chi connectivity index (χ0v) is 12.1. The Morgan fingerprint density at radius 3 is 2.50 bits per heavy atom. The van der Waals surface area contributed by atoms with Gasteiger partial charge in [0.25, 0.3) is 0 Å². The minimum Gasteiger partial charge on any atom is -0.497 e. The molecule has 0 bridgehead atoms. The lowest BCUT2D eigenvalue weighted by Crippen LogP contribution is -1.97. The van der Waals surface area contributed by atoms with Gasteiger partial charge < -0.3 is 19.8 Å². The molecule has 104 valence electrons. The molecule has 0 amide bonds. The van der Waals surface area contributed by atoms with Crippen LogP contribution < -0.4 is 14.8 Å². The molecule has 20 heavy (non-hydrogen) atoms. The number of aromatic amines is 1. The summed E-state index contributed by atoms with van der Waals surface area (Å²) in [5, 5.41) is 3.25. The van der Waals surface area contributed by atoms with Gasteiger partial charge in [-0.1, -0.05) is 0 Å². The van der Waals surface area contributed by atoms with Crippen LogP contribution in [0.25, 0.3) is 11.3 Å². The first kappa shape index (κ1) is 12.9. The number of ether oxygens (including phenoxy) is 2. The van der Waals surface area contributed by atoms with Crippen molar-refractivity contribution in [3.05, 3.63) is 28.5 Å². The predicted octanol–water partition coefficient (Wildman–Crippen LogP) is 2.79. The van der Waals surface area contributed by atoms with Crippen molar-refractivity contribution in [2.75, 3.05) is 26.1 Å². The summed E-state index contributed by atoms with van der Waals surface area (Å²) in [6.45, 7) is 0.878. The van der Waals surface area contributed by atoms with Gasteiger partial charge in [-0.25, -0.2) is 4.98 Å². The van der Waals surface area contributed by atoms with Gasteiger partial charge >= 0.3 is 0 Å². The SMILES string of the molecule is COc1cc(OC)cc(-c2[nH]c(=S)nc3c2CCN3)c1. The fourth-order valence-corrected chi connectivity index (χ4v) is 2.58. The van der Waals surface area contributed by atoms with E-state index in [2.05, 4.69) is 15.3 Å². The summed E-state index contributed by atoms with van der Waals surface area (Å²) in [5.41, 5.74) is 3.10. The molecule has 0 spiro atoms. The van der Waals surface area contributed by atoms with Crippen molar-refractivity contribution in [1.29, 1.82) is 0 Å². The molecule has 0 aliphatic carbocycles. The topological polar surface area (TPSA) is 59.2 Å². The van der Waals surface area contributed by atoms with Gasteiger partial charge in [-0.05, 0) is 30.8 Å². The van der Waals surface area contributed by atoms with Crippen LogP contribution in [0.3, 0.4) is 0 Å². The summed E-state index contributed by atoms with van der Waals surface area (Å²) in [5.74, 6) is 2.36. The molecule has 6 heteroatoms. The maximum absolute atomic E-state index is 5.32. The molecular weight excluding hydrogens is 274 g/mol. The first-order chi connectivity index (χ1) is 9.71. The number of nitrogens with one attached hydrogen (secondary N) is 2. The van der Waals surface area contributed by atoms with E-state index in [-0.39, 0.29) is 0 Å². The average Bonchev–Trinajstić information content (AvgIpc) is 2.93. The number of methoxy groups -OCH3 is 2. The summed E-state index contributed by atoms with van der Waals surface area (Å²) >= 11 is 5.19. The van der Waals surface area contributed by atoms with Crippen molar-refractivity contribution in [1.82, 2.24) is 9.97 Å². The van der Waals surface area contributed by atoms with E-state index in [1.807, 2.05) is 18.2 Å². The van der Waals surface area contributed by atoms with Crippen molar-refractivity contribution >= 4 is 18.0 Å². The monoisotopic (exact) mass is 289 g/mol. The second-order valence-corrected chi connectivity index (χ2v) is 4.91. The first-order valence-corrected chi connectivity index (χ1v) is 6.72. The largest absolute Gasteiger partial charge is 0.497 e. The predicted molar refractivity (Wildman–Crippen MR) is 80.2 cm³/mol. The van der Waals surface area contributed by atoms with Gasteiger partial charge in [0, 0.05) is 23.7 Å². The summed E-state index contributed by atoms with van der Waals surface area (Å²) in [7, 11) is 3.28. The number of nitrogens with zero attached hydrogens (tertiary/aromatic N) is 1. The Morgan fingerprint density at radius 1 is 1.15 bits per heavy atom. The van der Waals surface area contributed by atoms with Crippen molar-refractivity contribution in [3.8, 4) is 22.8 Å². The zero-order chi connectivity index (χ0) is 14.1. The van der Waals surface area contributed by atoms with Gasteiger partial charge in [0.05, 0.1) is 19.9 Å². The molecule has 0 radical (unpaired) electrons. The molecular formula is C14H15N3O2S. The molecule has 0 saturated heterocycles. The van der Waals surface area contributed by atoms with Gasteiger partial charge in [-0.2, -0.15) is 0 Å². The smallest absolute Gasteiger partial charge is 0.199 e. The Kier molecular flexibility index (Phi) is 3.31. The molecule has 1 aromatic heterocycles. The van der Waals surface area contributed by atoms with E-state index in [9.17, 15) is 0 Å². The molecule has 1 aliphatic heterocycles. The third-order valence-electron chi connectivity index (χ3n) is 3.34. The molecule has 3 rings (SSSR count). The number of fused-ring (bicyclic) bond motifs is 1. The lowest BCUT2D eigenvalue weighted by atomic mass is 10.0. The standard InChI is InChI=1S/C14H15N3O2S/c1-18-9-5-8(6-10(7-9)19-2)12-11-3-4-15-13(11)17-14(20)16-12/h5-7H,3-4H2,1-2H3,(H2,15,16,17,20). The highest BCUT2D eigenvalue weighted by Gasteiger charge is 2.18. The van der Waals surface area contributed by atoms with Crippen molar-refractivity contribution < 1.29 is 9.47 Å². The number of benzene rings is 1. The number of H-pyrrole nitrogens is 1. The number of anilines is 1. The van der Waals surface area contributed by atoms with Gasteiger partial charge in [0.1, 0.15) is 17.3 Å². The van der Waals surface area contributed by atoms with E-state index in [1.165, 1.54) is 0 Å². The minimum absolute atomic E-state index is 0.468. The molecule has 0 atom stereocenters. The Balaban J connectivity index is 2.21. The van der Waals surface area contributed by atoms with E-state index < -0.39 is 0 Å². The molecule has 1 aromatic carbocycles. The van der Waals surface area contributed by atoms with Gasteiger partial charge in [0.15, 0.2) is 4.77 Å². The molecule has 2 N–H and O–H groups in total. The molecule has 0 fully saturated rings. The second kappa shape index (κ2) is 5.13. The highest BCUT2D eigenvalue weighted by molar-refractivity contribution is 7.71. The minimum atomic E-state index is 0.468. The van der Waals surface area contributed by atoms with E-state index in [0.29, 0.717) is 4.77 Å². The van der Waals surface area contributed by atoms with Crippen molar-refractivity contribution in [3.63, 3.8) is 0 Å². The fourth-order valence-electron chi connectivity index (χ4n) is 2.39. The van der Waals surface area contributed by atoms with Crippen LogP contribution in [0.5, 0.6) is 11.5 Å². The van der Waals surface area contributed by atoms with Crippen molar-refractivity contribution in [2.24, 2.45) is 0 Å². The highest BCUT2D eigenvalue weighted by atomic mass is 32.1. The summed E-state index contributed by atoms with van der Waals surface area (Å²) in [6.07, 6.45) is 0.920. The van der Waals surface area contributed by atoms with Crippen LogP contribution in [0.1, 0.15) is 5.56 Å². The maximum Gasteiger partial charge on any atom is 0.199 e. The molecule has 1 aliphatic rings. The van der Waals surface area contributed by atoms with Crippen LogP contribution in [0, 0.1) is 4.77 Å². The lowest BCUT2D eigenvalue weighted by Gasteiger charge is -2.11. The first-order valence-electron chi connectivity index (χ1n) is 6.32. The Morgan fingerprint density at radius 2 is 1.85 bits per heavy atom. The Labute approximate surface area is 122 Å². The highest BCUT2D eigenvalue weighted by Crippen LogP contribution is 2.34. The number of rotatable bonds is 3. The number of aromatic nitrogens is 2. The Bertz CT molecular complexity index is 690. The third kappa shape index (κ3) is 2.22. The molecule has 0 unspecified atom stereocenters. The second-order valence-electron chi connectivity index (χ2n) is 4.52. The zero-order valence-electron chi connectivity index (χ0n) is 11.3. The van der Waals surface area contributed by atoms with Gasteiger partial charge in [-0.15, -0.1) is 0 Å². The fraction of sp³-hybridized carbons (Fsp3) is 0.286.